The summed E-state index contributed by atoms with van der Waals surface area (Å²) in [6.07, 6.45) is 2.79. The van der Waals surface area contributed by atoms with E-state index in [-0.39, 0.29) is 41.2 Å². The number of pyridine rings is 1. The molecule has 2 aliphatic heterocycles. The highest BCUT2D eigenvalue weighted by Gasteiger charge is 2.35. The first-order valence-electron chi connectivity index (χ1n) is 9.88. The fourth-order valence-electron chi connectivity index (χ4n) is 3.76. The van der Waals surface area contributed by atoms with Crippen LogP contribution in [0.25, 0.3) is 0 Å². The molecule has 1 aromatic rings. The van der Waals surface area contributed by atoms with Crippen LogP contribution in [0.4, 0.5) is 5.82 Å². The number of hydrogen-bond acceptors (Lipinski definition) is 8. The second-order valence-electron chi connectivity index (χ2n) is 7.57. The number of methoxy groups -OCH3 is 1. The minimum Gasteiger partial charge on any atom is -0.465 e. The first kappa shape index (κ1) is 22.4. The third-order valence-corrected chi connectivity index (χ3v) is 7.25. The van der Waals surface area contributed by atoms with Crippen LogP contribution in [0, 0.1) is 5.92 Å². The number of amides is 1. The molecule has 10 nitrogen and oxygen atoms in total. The summed E-state index contributed by atoms with van der Waals surface area (Å²) in [6, 6.07) is 1.32. The molecule has 2 fully saturated rings. The minimum atomic E-state index is -3.91. The number of morpholine rings is 1. The van der Waals surface area contributed by atoms with E-state index in [2.05, 4.69) is 4.98 Å². The smallest absolute Gasteiger partial charge is 0.339 e. The molecule has 0 N–H and O–H groups in total. The molecule has 1 amide bonds. The molecule has 1 unspecified atom stereocenters. The summed E-state index contributed by atoms with van der Waals surface area (Å²) in [4.78, 5) is 32.1. The second-order valence-corrected chi connectivity index (χ2v) is 9.48. The summed E-state index contributed by atoms with van der Waals surface area (Å²) >= 11 is 0. The molecule has 1 aromatic heterocycles. The van der Waals surface area contributed by atoms with Crippen LogP contribution < -0.4 is 4.90 Å². The van der Waals surface area contributed by atoms with Crippen molar-refractivity contribution in [2.45, 2.75) is 17.7 Å². The zero-order chi connectivity index (χ0) is 21.9. The molecule has 3 heterocycles. The molecule has 0 saturated carbocycles. The van der Waals surface area contributed by atoms with Gasteiger partial charge in [0.05, 0.1) is 31.8 Å². The Labute approximate surface area is 176 Å². The van der Waals surface area contributed by atoms with Gasteiger partial charge in [-0.15, -0.1) is 0 Å². The summed E-state index contributed by atoms with van der Waals surface area (Å²) in [5.41, 5.74) is 0.0611. The quantitative estimate of drug-likeness (QED) is 0.597. The van der Waals surface area contributed by atoms with Gasteiger partial charge in [-0.3, -0.25) is 4.79 Å². The molecule has 0 radical (unpaired) electrons. The van der Waals surface area contributed by atoms with Crippen molar-refractivity contribution >= 4 is 27.7 Å². The number of sulfonamides is 1. The highest BCUT2D eigenvalue weighted by atomic mass is 32.2. The maximum absolute atomic E-state index is 13.4. The van der Waals surface area contributed by atoms with E-state index >= 15 is 0 Å². The number of piperidine rings is 1. The van der Waals surface area contributed by atoms with Crippen LogP contribution in [0.15, 0.2) is 17.2 Å². The number of nitrogens with zero attached hydrogens (tertiary/aromatic N) is 4. The monoisotopic (exact) mass is 440 g/mol. The van der Waals surface area contributed by atoms with E-state index in [9.17, 15) is 18.0 Å². The number of esters is 1. The van der Waals surface area contributed by atoms with Gasteiger partial charge in [0.1, 0.15) is 10.7 Å². The van der Waals surface area contributed by atoms with Crippen molar-refractivity contribution in [3.8, 4) is 0 Å². The van der Waals surface area contributed by atoms with Gasteiger partial charge >= 0.3 is 5.97 Å². The van der Waals surface area contributed by atoms with E-state index in [1.54, 1.807) is 19.0 Å². The molecule has 0 bridgehead atoms. The molecule has 2 saturated heterocycles. The third kappa shape index (κ3) is 4.57. The Kier molecular flexibility index (Phi) is 6.94. The van der Waals surface area contributed by atoms with Crippen LogP contribution in [0.5, 0.6) is 0 Å². The van der Waals surface area contributed by atoms with E-state index in [0.717, 1.165) is 12.8 Å². The first-order valence-corrected chi connectivity index (χ1v) is 11.3. The summed E-state index contributed by atoms with van der Waals surface area (Å²) in [6.45, 7) is 2.02. The Bertz CT molecular complexity index is 898. The van der Waals surface area contributed by atoms with Crippen molar-refractivity contribution in [2.75, 3.05) is 65.5 Å². The van der Waals surface area contributed by atoms with Gasteiger partial charge in [-0.25, -0.2) is 18.2 Å². The van der Waals surface area contributed by atoms with Crippen molar-refractivity contribution < 1.29 is 27.5 Å². The summed E-state index contributed by atoms with van der Waals surface area (Å²) < 4.78 is 38.2. The highest BCUT2D eigenvalue weighted by molar-refractivity contribution is 7.89. The van der Waals surface area contributed by atoms with Crippen molar-refractivity contribution in [1.29, 1.82) is 0 Å². The van der Waals surface area contributed by atoms with Gasteiger partial charge in [0.15, 0.2) is 0 Å². The Balaban J connectivity index is 2.01. The van der Waals surface area contributed by atoms with Crippen LogP contribution in [-0.2, 0) is 24.3 Å². The maximum atomic E-state index is 13.4. The fourth-order valence-corrected chi connectivity index (χ4v) is 5.35. The van der Waals surface area contributed by atoms with Gasteiger partial charge in [-0.05, 0) is 18.9 Å². The summed E-state index contributed by atoms with van der Waals surface area (Å²) in [5.74, 6) is -0.643. The Morgan fingerprint density at radius 2 is 1.93 bits per heavy atom. The van der Waals surface area contributed by atoms with Crippen molar-refractivity contribution in [2.24, 2.45) is 5.92 Å². The fraction of sp³-hybridized carbons (Fsp3) is 0.632. The van der Waals surface area contributed by atoms with Gasteiger partial charge in [0.2, 0.25) is 15.9 Å². The lowest BCUT2D eigenvalue weighted by molar-refractivity contribution is -0.133. The molecule has 2 aliphatic rings. The lowest BCUT2D eigenvalue weighted by Crippen LogP contribution is -2.45. The highest BCUT2D eigenvalue weighted by Crippen LogP contribution is 2.31. The van der Waals surface area contributed by atoms with E-state index in [1.165, 1.54) is 23.7 Å². The molecule has 166 valence electrons. The average molecular weight is 441 g/mol. The molecule has 30 heavy (non-hydrogen) atoms. The molecule has 0 spiro atoms. The molecule has 0 aliphatic carbocycles. The van der Waals surface area contributed by atoms with E-state index in [0.29, 0.717) is 26.3 Å². The normalized spacial score (nSPS) is 20.6. The van der Waals surface area contributed by atoms with Gasteiger partial charge < -0.3 is 19.3 Å². The van der Waals surface area contributed by atoms with E-state index in [1.807, 2.05) is 4.90 Å². The van der Waals surface area contributed by atoms with Crippen LogP contribution in [-0.4, -0.2) is 95.1 Å². The third-order valence-electron chi connectivity index (χ3n) is 5.35. The van der Waals surface area contributed by atoms with Crippen LogP contribution in [0.3, 0.4) is 0 Å². The molecule has 3 rings (SSSR count). The van der Waals surface area contributed by atoms with Crippen LogP contribution >= 0.6 is 0 Å². The van der Waals surface area contributed by atoms with Crippen molar-refractivity contribution in [3.63, 3.8) is 0 Å². The predicted molar refractivity (Wildman–Crippen MR) is 109 cm³/mol. The Morgan fingerprint density at radius 1 is 1.23 bits per heavy atom. The molecular formula is C19H28N4O6S. The Morgan fingerprint density at radius 3 is 2.57 bits per heavy atom. The zero-order valence-electron chi connectivity index (χ0n) is 17.5. The van der Waals surface area contributed by atoms with Crippen LogP contribution in [0.2, 0.25) is 0 Å². The SMILES string of the molecule is COC(=O)c1cnc(N2CCCC(C(=O)N(C)C)C2)c(S(=O)(=O)N2CCOCC2)c1. The predicted octanol–water partition coefficient (Wildman–Crippen LogP) is 0.194. The lowest BCUT2D eigenvalue weighted by atomic mass is 9.96. The van der Waals surface area contributed by atoms with Gasteiger partial charge in [-0.2, -0.15) is 4.31 Å². The molecular weight excluding hydrogens is 412 g/mol. The number of carbonyl (C=O) groups is 2. The van der Waals surface area contributed by atoms with Gasteiger partial charge in [0.25, 0.3) is 0 Å². The topological polar surface area (TPSA) is 109 Å². The second kappa shape index (κ2) is 9.27. The first-order chi connectivity index (χ1) is 14.3. The lowest BCUT2D eigenvalue weighted by Gasteiger charge is -2.35. The number of ether oxygens (including phenoxy) is 2. The molecule has 0 aromatic carbocycles. The summed E-state index contributed by atoms with van der Waals surface area (Å²) in [5, 5.41) is 0. The van der Waals surface area contributed by atoms with Crippen molar-refractivity contribution in [1.82, 2.24) is 14.2 Å². The number of carbonyl (C=O) groups excluding carboxylic acids is 2. The minimum absolute atomic E-state index is 0.00321. The standard InChI is InChI=1S/C19H28N4O6S/c1-21(2)18(24)14-5-4-6-22(13-14)17-16(11-15(12-20-17)19(25)28-3)30(26,27)23-7-9-29-10-8-23/h11-12,14H,4-10,13H2,1-3H3. The molecule has 1 atom stereocenters. The number of hydrogen-bond donors (Lipinski definition) is 0. The number of anilines is 1. The largest absolute Gasteiger partial charge is 0.465 e. The van der Waals surface area contributed by atoms with E-state index < -0.39 is 16.0 Å². The Hall–Kier alpha value is -2.24. The zero-order valence-corrected chi connectivity index (χ0v) is 18.4. The van der Waals surface area contributed by atoms with Gasteiger partial charge in [-0.1, -0.05) is 0 Å². The molecule has 11 heteroatoms. The van der Waals surface area contributed by atoms with Crippen LogP contribution in [0.1, 0.15) is 23.2 Å². The van der Waals surface area contributed by atoms with Crippen molar-refractivity contribution in [3.05, 3.63) is 17.8 Å². The van der Waals surface area contributed by atoms with E-state index in [4.69, 9.17) is 9.47 Å². The maximum Gasteiger partial charge on any atom is 0.339 e. The summed E-state index contributed by atoms with van der Waals surface area (Å²) in [7, 11) is 0.731. The number of rotatable bonds is 5. The number of aromatic nitrogens is 1. The average Bonchev–Trinajstić information content (AvgIpc) is 2.78. The van der Waals surface area contributed by atoms with Gasteiger partial charge in [0, 0.05) is 46.5 Å².